The number of ether oxygens (including phenoxy) is 5. The lowest BCUT2D eigenvalue weighted by molar-refractivity contribution is -0.141. The van der Waals surface area contributed by atoms with Gasteiger partial charge in [0, 0.05) is 25.6 Å². The van der Waals surface area contributed by atoms with Crippen molar-refractivity contribution in [2.45, 2.75) is 44.6 Å². The topological polar surface area (TPSA) is 124 Å². The smallest absolute Gasteiger partial charge is 0.416 e. The number of aliphatic hydroxyl groups is 1. The van der Waals surface area contributed by atoms with Gasteiger partial charge in [-0.15, -0.1) is 0 Å². The first kappa shape index (κ1) is 24.6. The highest BCUT2D eigenvalue weighted by molar-refractivity contribution is 6.06. The Hall–Kier alpha value is -3.05. The quantitative estimate of drug-likeness (QED) is 0.449. The van der Waals surface area contributed by atoms with Crippen LogP contribution in [-0.4, -0.2) is 87.4 Å². The second kappa shape index (κ2) is 10.7. The predicted octanol–water partition coefficient (Wildman–Crippen LogP) is 1.55. The molecule has 0 radical (unpaired) electrons. The Morgan fingerprint density at radius 3 is 2.48 bits per heavy atom. The summed E-state index contributed by atoms with van der Waals surface area (Å²) in [6.07, 6.45) is -1.69. The van der Waals surface area contributed by atoms with Crippen molar-refractivity contribution in [3.05, 3.63) is 17.7 Å². The monoisotopic (exact) mass is 466 g/mol. The van der Waals surface area contributed by atoms with Crippen molar-refractivity contribution in [3.63, 3.8) is 0 Å². The van der Waals surface area contributed by atoms with Crippen LogP contribution >= 0.6 is 0 Å². The van der Waals surface area contributed by atoms with Crippen LogP contribution in [0, 0.1) is 0 Å². The summed E-state index contributed by atoms with van der Waals surface area (Å²) in [7, 11) is 4.20. The van der Waals surface area contributed by atoms with Gasteiger partial charge in [0.05, 0.1) is 45.3 Å². The van der Waals surface area contributed by atoms with Crippen molar-refractivity contribution in [1.82, 2.24) is 4.90 Å². The molecular weight excluding hydrogens is 436 g/mol. The summed E-state index contributed by atoms with van der Waals surface area (Å²) < 4.78 is 26.4. The number of anilines is 1. The van der Waals surface area contributed by atoms with Crippen molar-refractivity contribution in [3.8, 4) is 11.5 Å². The van der Waals surface area contributed by atoms with Crippen LogP contribution in [0.2, 0.25) is 0 Å². The van der Waals surface area contributed by atoms with Gasteiger partial charge in [0.25, 0.3) is 5.91 Å². The van der Waals surface area contributed by atoms with Crippen molar-refractivity contribution < 1.29 is 43.2 Å². The van der Waals surface area contributed by atoms with Crippen LogP contribution in [0.4, 0.5) is 10.5 Å². The molecule has 0 bridgehead atoms. The molecule has 2 heterocycles. The van der Waals surface area contributed by atoms with Crippen LogP contribution in [0.3, 0.4) is 0 Å². The normalized spacial score (nSPS) is 21.7. The fourth-order valence-corrected chi connectivity index (χ4v) is 4.20. The van der Waals surface area contributed by atoms with E-state index in [1.54, 1.807) is 6.92 Å². The molecule has 1 aromatic carbocycles. The number of nitrogens with zero attached hydrogens (tertiary/aromatic N) is 2. The van der Waals surface area contributed by atoms with Crippen LogP contribution in [0.5, 0.6) is 11.5 Å². The molecule has 3 atom stereocenters. The number of rotatable bonds is 8. The Labute approximate surface area is 192 Å². The zero-order valence-electron chi connectivity index (χ0n) is 19.2. The van der Waals surface area contributed by atoms with Gasteiger partial charge < -0.3 is 33.7 Å². The van der Waals surface area contributed by atoms with Crippen LogP contribution in [-0.2, 0) is 19.0 Å². The molecule has 182 valence electrons. The van der Waals surface area contributed by atoms with Crippen molar-refractivity contribution in [1.29, 1.82) is 0 Å². The molecule has 33 heavy (non-hydrogen) atoms. The van der Waals surface area contributed by atoms with Gasteiger partial charge in [-0.2, -0.15) is 0 Å². The molecule has 1 fully saturated rings. The van der Waals surface area contributed by atoms with Crippen LogP contribution in [0.15, 0.2) is 12.1 Å². The molecule has 0 aromatic heterocycles. The summed E-state index contributed by atoms with van der Waals surface area (Å²) in [4.78, 5) is 40.3. The largest absolute Gasteiger partial charge is 0.493 e. The third-order valence-electron chi connectivity index (χ3n) is 5.77. The lowest BCUT2D eigenvalue weighted by Gasteiger charge is -2.34. The van der Waals surface area contributed by atoms with Crippen molar-refractivity contribution in [2.75, 3.05) is 46.0 Å². The highest BCUT2D eigenvalue weighted by Gasteiger charge is 2.50. The Kier molecular flexibility index (Phi) is 7.98. The fraction of sp³-hybridized carbons (Fsp3) is 0.591. The number of carbonyl (C=O) groups is 3. The first-order valence-corrected chi connectivity index (χ1v) is 10.8. The van der Waals surface area contributed by atoms with Gasteiger partial charge in [-0.25, -0.2) is 9.69 Å². The maximum absolute atomic E-state index is 13.5. The molecule has 2 aliphatic heterocycles. The average Bonchev–Trinajstić information content (AvgIpc) is 3.21. The SMILES string of the molecule is CCOC(=O)N1c2cc(OC)c(OC)cc2C(=O)N2CC[C@H](OCCCC(=O)OC)[C@H]2C1O. The molecule has 1 N–H and O–H groups in total. The minimum absolute atomic E-state index is 0.0838. The fourth-order valence-electron chi connectivity index (χ4n) is 4.20. The molecule has 0 aliphatic carbocycles. The van der Waals surface area contributed by atoms with E-state index in [0.717, 1.165) is 4.90 Å². The van der Waals surface area contributed by atoms with Gasteiger partial charge in [0.2, 0.25) is 0 Å². The molecule has 1 unspecified atom stereocenters. The maximum Gasteiger partial charge on any atom is 0.416 e. The number of hydrogen-bond donors (Lipinski definition) is 1. The standard InChI is InChI=1S/C22H30N2O9/c1-5-32-22(28)24-14-12-17(30-3)16(29-2)11-13(14)20(26)23-9-8-15(19(23)21(24)27)33-10-6-7-18(25)31-4/h11-12,15,19,21,27H,5-10H2,1-4H3/t15-,19-,21?/m0/s1. The van der Waals surface area contributed by atoms with Gasteiger partial charge in [-0.1, -0.05) is 0 Å². The average molecular weight is 466 g/mol. The molecule has 11 heteroatoms. The maximum atomic E-state index is 13.5. The van der Waals surface area contributed by atoms with Gasteiger partial charge in [-0.05, 0) is 25.8 Å². The zero-order valence-corrected chi connectivity index (χ0v) is 19.2. The second-order valence-corrected chi connectivity index (χ2v) is 7.57. The number of methoxy groups -OCH3 is 3. The van der Waals surface area contributed by atoms with Gasteiger partial charge >= 0.3 is 12.1 Å². The van der Waals surface area contributed by atoms with E-state index in [1.807, 2.05) is 0 Å². The number of benzene rings is 1. The second-order valence-electron chi connectivity index (χ2n) is 7.57. The van der Waals surface area contributed by atoms with E-state index >= 15 is 0 Å². The van der Waals surface area contributed by atoms with E-state index in [4.69, 9.17) is 18.9 Å². The van der Waals surface area contributed by atoms with Gasteiger partial charge in [-0.3, -0.25) is 9.59 Å². The summed E-state index contributed by atoms with van der Waals surface area (Å²) in [6, 6.07) is 2.13. The minimum atomic E-state index is -1.43. The van der Waals surface area contributed by atoms with Gasteiger partial charge in [0.1, 0.15) is 6.04 Å². The highest BCUT2D eigenvalue weighted by atomic mass is 16.6. The molecule has 1 aromatic rings. The third kappa shape index (κ3) is 4.83. The van der Waals surface area contributed by atoms with E-state index in [-0.39, 0.29) is 42.8 Å². The number of fused-ring (bicyclic) bond motifs is 2. The number of esters is 1. The summed E-state index contributed by atoms with van der Waals surface area (Å²) >= 11 is 0. The molecule has 11 nitrogen and oxygen atoms in total. The molecule has 0 saturated carbocycles. The lowest BCUT2D eigenvalue weighted by Crippen LogP contribution is -2.55. The number of hydrogen-bond acceptors (Lipinski definition) is 9. The van der Waals surface area contributed by atoms with E-state index in [2.05, 4.69) is 4.74 Å². The highest BCUT2D eigenvalue weighted by Crippen LogP contribution is 2.41. The molecule has 2 aliphatic rings. The predicted molar refractivity (Wildman–Crippen MR) is 115 cm³/mol. The number of aliphatic hydroxyl groups excluding tert-OH is 1. The van der Waals surface area contributed by atoms with E-state index < -0.39 is 24.5 Å². The Bertz CT molecular complexity index is 891. The summed E-state index contributed by atoms with van der Waals surface area (Å²) in [6.45, 7) is 2.30. The van der Waals surface area contributed by atoms with Gasteiger partial charge in [0.15, 0.2) is 17.7 Å². The summed E-state index contributed by atoms with van der Waals surface area (Å²) in [5, 5.41) is 11.3. The van der Waals surface area contributed by atoms with Crippen LogP contribution in [0.1, 0.15) is 36.5 Å². The van der Waals surface area contributed by atoms with E-state index in [1.165, 1.54) is 38.4 Å². The molecular formula is C22H30N2O9. The number of carbonyl (C=O) groups excluding carboxylic acids is 3. The van der Waals surface area contributed by atoms with Crippen molar-refractivity contribution >= 4 is 23.7 Å². The Morgan fingerprint density at radius 1 is 1.15 bits per heavy atom. The van der Waals surface area contributed by atoms with Crippen LogP contribution < -0.4 is 14.4 Å². The lowest BCUT2D eigenvalue weighted by atomic mass is 10.1. The minimum Gasteiger partial charge on any atom is -0.493 e. The molecule has 0 spiro atoms. The Morgan fingerprint density at radius 2 is 1.85 bits per heavy atom. The molecule has 1 saturated heterocycles. The zero-order chi connectivity index (χ0) is 24.1. The first-order valence-electron chi connectivity index (χ1n) is 10.8. The van der Waals surface area contributed by atoms with E-state index in [0.29, 0.717) is 30.9 Å². The third-order valence-corrected chi connectivity index (χ3v) is 5.77. The first-order chi connectivity index (χ1) is 15.9. The number of amides is 2. The Balaban J connectivity index is 1.96. The van der Waals surface area contributed by atoms with E-state index in [9.17, 15) is 19.5 Å². The van der Waals surface area contributed by atoms with Crippen molar-refractivity contribution in [2.24, 2.45) is 0 Å². The summed E-state index contributed by atoms with van der Waals surface area (Å²) in [5.74, 6) is -0.106. The molecule has 3 rings (SSSR count). The summed E-state index contributed by atoms with van der Waals surface area (Å²) in [5.41, 5.74) is 0.330. The molecule has 2 amide bonds. The van der Waals surface area contributed by atoms with Crippen LogP contribution in [0.25, 0.3) is 0 Å².